The first-order chi connectivity index (χ1) is 7.30. The van der Waals surface area contributed by atoms with Crippen LogP contribution in [0.3, 0.4) is 0 Å². The Kier molecular flexibility index (Phi) is 6.22. The zero-order valence-electron chi connectivity index (χ0n) is 10.4. The summed E-state index contributed by atoms with van der Waals surface area (Å²) in [5, 5.41) is 0. The predicted octanol–water partition coefficient (Wildman–Crippen LogP) is 1.77. The van der Waals surface area contributed by atoms with Gasteiger partial charge in [-0.05, 0) is 5.92 Å². The lowest BCUT2D eigenvalue weighted by Crippen LogP contribution is -2.45. The molecule has 3 heteroatoms. The number of methoxy groups -OCH3 is 1. The third-order valence-electron chi connectivity index (χ3n) is 3.25. The van der Waals surface area contributed by atoms with Crippen molar-refractivity contribution in [2.24, 2.45) is 5.92 Å². The zero-order chi connectivity index (χ0) is 11.1. The molecule has 0 amide bonds. The Bertz CT molecular complexity index is 158. The van der Waals surface area contributed by atoms with Crippen molar-refractivity contribution in [1.29, 1.82) is 0 Å². The maximum atomic E-state index is 5.63. The lowest BCUT2D eigenvalue weighted by Gasteiger charge is -2.34. The summed E-state index contributed by atoms with van der Waals surface area (Å²) in [5.41, 5.74) is 0. The minimum atomic E-state index is 0.276. The van der Waals surface area contributed by atoms with Gasteiger partial charge in [-0.25, -0.2) is 0 Å². The Morgan fingerprint density at radius 3 is 2.73 bits per heavy atom. The Balaban J connectivity index is 2.28. The highest BCUT2D eigenvalue weighted by molar-refractivity contribution is 4.73. The van der Waals surface area contributed by atoms with Crippen LogP contribution < -0.4 is 0 Å². The van der Waals surface area contributed by atoms with Gasteiger partial charge >= 0.3 is 0 Å². The summed E-state index contributed by atoms with van der Waals surface area (Å²) in [6.45, 7) is 9.47. The second kappa shape index (κ2) is 7.20. The van der Waals surface area contributed by atoms with E-state index < -0.39 is 0 Å². The molecule has 0 aromatic carbocycles. The molecule has 0 aliphatic carbocycles. The third kappa shape index (κ3) is 4.49. The summed E-state index contributed by atoms with van der Waals surface area (Å²) in [5.74, 6) is 0.839. The smallest absolute Gasteiger partial charge is 0.0935 e. The largest absolute Gasteiger partial charge is 0.382 e. The first-order valence-corrected chi connectivity index (χ1v) is 6.13. The van der Waals surface area contributed by atoms with Crippen molar-refractivity contribution in [2.45, 2.75) is 32.8 Å². The van der Waals surface area contributed by atoms with Crippen LogP contribution in [0.4, 0.5) is 0 Å². The van der Waals surface area contributed by atoms with Crippen LogP contribution in [-0.4, -0.2) is 51.0 Å². The van der Waals surface area contributed by atoms with Gasteiger partial charge in [-0.15, -0.1) is 0 Å². The fourth-order valence-electron chi connectivity index (χ4n) is 2.15. The highest BCUT2D eigenvalue weighted by Crippen LogP contribution is 2.13. The summed E-state index contributed by atoms with van der Waals surface area (Å²) in [6, 6.07) is 0. The van der Waals surface area contributed by atoms with E-state index in [1.807, 2.05) is 0 Å². The van der Waals surface area contributed by atoms with E-state index in [9.17, 15) is 0 Å². The fourth-order valence-corrected chi connectivity index (χ4v) is 2.15. The van der Waals surface area contributed by atoms with Crippen LogP contribution in [0.5, 0.6) is 0 Å². The maximum absolute atomic E-state index is 5.63. The topological polar surface area (TPSA) is 21.7 Å². The van der Waals surface area contributed by atoms with E-state index in [1.54, 1.807) is 7.11 Å². The van der Waals surface area contributed by atoms with Crippen molar-refractivity contribution in [1.82, 2.24) is 4.90 Å². The van der Waals surface area contributed by atoms with Gasteiger partial charge in [0, 0.05) is 26.7 Å². The van der Waals surface area contributed by atoms with E-state index in [1.165, 1.54) is 19.4 Å². The Labute approximate surface area is 93.7 Å². The average molecular weight is 215 g/mol. The minimum absolute atomic E-state index is 0.276. The minimum Gasteiger partial charge on any atom is -0.382 e. The SMILES string of the molecule is CCC(CC)CN1CCO[C@H](COC)C1. The van der Waals surface area contributed by atoms with Gasteiger partial charge in [0.1, 0.15) is 0 Å². The number of morpholine rings is 1. The van der Waals surface area contributed by atoms with Gasteiger partial charge in [0.2, 0.25) is 0 Å². The first kappa shape index (κ1) is 12.9. The molecule has 0 radical (unpaired) electrons. The normalized spacial score (nSPS) is 23.6. The van der Waals surface area contributed by atoms with E-state index in [4.69, 9.17) is 9.47 Å². The third-order valence-corrected chi connectivity index (χ3v) is 3.25. The van der Waals surface area contributed by atoms with E-state index in [2.05, 4.69) is 18.7 Å². The Hall–Kier alpha value is -0.120. The van der Waals surface area contributed by atoms with Crippen LogP contribution >= 0.6 is 0 Å². The molecule has 1 aliphatic heterocycles. The van der Waals surface area contributed by atoms with Gasteiger partial charge in [-0.1, -0.05) is 26.7 Å². The molecule has 0 bridgehead atoms. The number of hydrogen-bond acceptors (Lipinski definition) is 3. The molecule has 1 aliphatic rings. The quantitative estimate of drug-likeness (QED) is 0.674. The highest BCUT2D eigenvalue weighted by atomic mass is 16.5. The molecule has 1 rings (SSSR count). The van der Waals surface area contributed by atoms with Crippen molar-refractivity contribution in [3.8, 4) is 0 Å². The summed E-state index contributed by atoms with van der Waals surface area (Å²) in [7, 11) is 1.74. The van der Waals surface area contributed by atoms with Crippen molar-refractivity contribution in [3.05, 3.63) is 0 Å². The van der Waals surface area contributed by atoms with Gasteiger partial charge in [0.15, 0.2) is 0 Å². The number of hydrogen-bond donors (Lipinski definition) is 0. The summed E-state index contributed by atoms with van der Waals surface area (Å²) in [6.07, 6.45) is 2.84. The molecule has 1 heterocycles. The van der Waals surface area contributed by atoms with Crippen molar-refractivity contribution < 1.29 is 9.47 Å². The van der Waals surface area contributed by atoms with E-state index in [0.29, 0.717) is 0 Å². The molecule has 0 spiro atoms. The van der Waals surface area contributed by atoms with Crippen LogP contribution in [0, 0.1) is 5.92 Å². The van der Waals surface area contributed by atoms with Crippen LogP contribution in [0.15, 0.2) is 0 Å². The molecule has 1 saturated heterocycles. The lowest BCUT2D eigenvalue weighted by atomic mass is 10.0. The molecular weight excluding hydrogens is 190 g/mol. The zero-order valence-corrected chi connectivity index (χ0v) is 10.4. The maximum Gasteiger partial charge on any atom is 0.0935 e. The van der Waals surface area contributed by atoms with Crippen LogP contribution in [0.1, 0.15) is 26.7 Å². The van der Waals surface area contributed by atoms with Gasteiger partial charge in [0.05, 0.1) is 19.3 Å². The van der Waals surface area contributed by atoms with E-state index in [0.717, 1.165) is 32.2 Å². The fraction of sp³-hybridized carbons (Fsp3) is 1.00. The second-order valence-electron chi connectivity index (χ2n) is 4.39. The van der Waals surface area contributed by atoms with Gasteiger partial charge in [0.25, 0.3) is 0 Å². The molecule has 0 N–H and O–H groups in total. The standard InChI is InChI=1S/C12H25NO2/c1-4-11(5-2)8-13-6-7-15-12(9-13)10-14-3/h11-12H,4-10H2,1-3H3/t12-/m0/s1. The predicted molar refractivity (Wildman–Crippen MR) is 62.1 cm³/mol. The van der Waals surface area contributed by atoms with Gasteiger partial charge in [-0.2, -0.15) is 0 Å². The molecule has 0 unspecified atom stereocenters. The van der Waals surface area contributed by atoms with Crippen LogP contribution in [-0.2, 0) is 9.47 Å². The van der Waals surface area contributed by atoms with Crippen LogP contribution in [0.25, 0.3) is 0 Å². The molecule has 15 heavy (non-hydrogen) atoms. The lowest BCUT2D eigenvalue weighted by molar-refractivity contribution is -0.0642. The van der Waals surface area contributed by atoms with Crippen molar-refractivity contribution >= 4 is 0 Å². The molecule has 1 atom stereocenters. The Morgan fingerprint density at radius 1 is 1.40 bits per heavy atom. The first-order valence-electron chi connectivity index (χ1n) is 6.13. The van der Waals surface area contributed by atoms with Crippen LogP contribution in [0.2, 0.25) is 0 Å². The Morgan fingerprint density at radius 2 is 2.13 bits per heavy atom. The molecular formula is C12H25NO2. The number of rotatable bonds is 6. The van der Waals surface area contributed by atoms with E-state index >= 15 is 0 Å². The molecule has 1 fully saturated rings. The van der Waals surface area contributed by atoms with Gasteiger partial charge < -0.3 is 9.47 Å². The summed E-state index contributed by atoms with van der Waals surface area (Å²) in [4.78, 5) is 2.52. The van der Waals surface area contributed by atoms with Crippen molar-refractivity contribution in [3.63, 3.8) is 0 Å². The molecule has 0 aromatic rings. The molecule has 0 saturated carbocycles. The summed E-state index contributed by atoms with van der Waals surface area (Å²) >= 11 is 0. The second-order valence-corrected chi connectivity index (χ2v) is 4.39. The molecule has 0 aromatic heterocycles. The van der Waals surface area contributed by atoms with E-state index in [-0.39, 0.29) is 6.10 Å². The number of ether oxygens (including phenoxy) is 2. The monoisotopic (exact) mass is 215 g/mol. The van der Waals surface area contributed by atoms with Crippen molar-refractivity contribution in [2.75, 3.05) is 40.0 Å². The highest BCUT2D eigenvalue weighted by Gasteiger charge is 2.21. The van der Waals surface area contributed by atoms with Gasteiger partial charge in [-0.3, -0.25) is 4.90 Å². The molecule has 90 valence electrons. The number of nitrogens with zero attached hydrogens (tertiary/aromatic N) is 1. The summed E-state index contributed by atoms with van der Waals surface area (Å²) < 4.78 is 10.8. The average Bonchev–Trinajstić information content (AvgIpc) is 2.27. The molecule has 3 nitrogen and oxygen atoms in total.